The number of Topliss-reactive ketones (excluding diaryl/α,β-unsaturated/α-hetero) is 1. The fourth-order valence-electron chi connectivity index (χ4n) is 3.40. The number of ether oxygens (including phenoxy) is 1. The first kappa shape index (κ1) is 18.0. The summed E-state index contributed by atoms with van der Waals surface area (Å²) in [5, 5.41) is 1.40. The minimum Gasteiger partial charge on any atom is -0.454 e. The third kappa shape index (κ3) is 3.43. The lowest BCUT2D eigenvalue weighted by molar-refractivity contribution is 0.0475. The predicted octanol–water partition coefficient (Wildman–Crippen LogP) is 5.07. The Kier molecular flexibility index (Phi) is 4.85. The number of ketones is 1. The Morgan fingerprint density at radius 3 is 2.67 bits per heavy atom. The van der Waals surface area contributed by atoms with Crippen molar-refractivity contribution in [3.63, 3.8) is 0 Å². The first-order valence-corrected chi connectivity index (χ1v) is 9.36. The molecule has 0 bridgehead atoms. The van der Waals surface area contributed by atoms with Gasteiger partial charge >= 0.3 is 5.97 Å². The number of carbonyl (C=O) groups is 2. The lowest BCUT2D eigenvalue weighted by Crippen LogP contribution is -2.16. The third-order valence-corrected chi connectivity index (χ3v) is 5.44. The van der Waals surface area contributed by atoms with Crippen LogP contribution < -0.4 is 0 Å². The van der Waals surface area contributed by atoms with Gasteiger partial charge < -0.3 is 4.74 Å². The second kappa shape index (κ2) is 7.29. The molecule has 1 heterocycles. The fourth-order valence-corrected chi connectivity index (χ4v) is 3.70. The Hall–Kier alpha value is -2.43. The highest BCUT2D eigenvalue weighted by molar-refractivity contribution is 6.42. The zero-order chi connectivity index (χ0) is 19.0. The summed E-state index contributed by atoms with van der Waals surface area (Å²) in [7, 11) is 0. The normalized spacial score (nSPS) is 12.8. The van der Waals surface area contributed by atoms with Gasteiger partial charge in [-0.05, 0) is 49.1 Å². The average molecular weight is 400 g/mol. The number of fused-ring (bicyclic) bond motifs is 2. The minimum absolute atomic E-state index is 0.284. The van der Waals surface area contributed by atoms with Gasteiger partial charge in [0.25, 0.3) is 0 Å². The van der Waals surface area contributed by atoms with E-state index in [4.69, 9.17) is 27.9 Å². The van der Waals surface area contributed by atoms with Gasteiger partial charge in [-0.15, -0.1) is 0 Å². The molecule has 0 saturated carbocycles. The van der Waals surface area contributed by atoms with Gasteiger partial charge in [-0.25, -0.2) is 4.79 Å². The second-order valence-corrected chi connectivity index (χ2v) is 7.23. The molecule has 0 N–H and O–H groups in total. The largest absolute Gasteiger partial charge is 0.454 e. The Morgan fingerprint density at radius 2 is 1.85 bits per heavy atom. The van der Waals surface area contributed by atoms with Gasteiger partial charge in [0.1, 0.15) is 0 Å². The number of aromatic nitrogens is 1. The van der Waals surface area contributed by atoms with E-state index in [-0.39, 0.29) is 17.4 Å². The van der Waals surface area contributed by atoms with Crippen LogP contribution in [0.4, 0.5) is 0 Å². The van der Waals surface area contributed by atoms with Crippen molar-refractivity contribution < 1.29 is 14.3 Å². The van der Waals surface area contributed by atoms with E-state index >= 15 is 0 Å². The van der Waals surface area contributed by atoms with E-state index in [0.717, 1.165) is 41.4 Å². The molecule has 0 saturated heterocycles. The summed E-state index contributed by atoms with van der Waals surface area (Å²) in [6.07, 6.45) is 2.60. The second-order valence-electron chi connectivity index (χ2n) is 6.41. The van der Waals surface area contributed by atoms with Crippen LogP contribution in [-0.4, -0.2) is 23.3 Å². The van der Waals surface area contributed by atoms with E-state index in [1.807, 2.05) is 24.3 Å². The van der Waals surface area contributed by atoms with Crippen LogP contribution in [0.3, 0.4) is 0 Å². The number of aryl methyl sites for hydroxylation is 1. The number of hydrogen-bond donors (Lipinski definition) is 0. The molecule has 0 amide bonds. The molecule has 0 aliphatic heterocycles. The van der Waals surface area contributed by atoms with E-state index < -0.39 is 5.97 Å². The van der Waals surface area contributed by atoms with Crippen molar-refractivity contribution in [1.29, 1.82) is 0 Å². The Bertz CT molecular complexity index is 1080. The van der Waals surface area contributed by atoms with E-state index in [0.29, 0.717) is 16.1 Å². The average Bonchev–Trinajstić information content (AvgIpc) is 3.13. The van der Waals surface area contributed by atoms with Gasteiger partial charge in [-0.2, -0.15) is 0 Å². The fraction of sp³-hybridized carbons (Fsp3) is 0.190. The van der Waals surface area contributed by atoms with Crippen molar-refractivity contribution in [3.8, 4) is 0 Å². The van der Waals surface area contributed by atoms with Gasteiger partial charge in [-0.3, -0.25) is 9.78 Å². The zero-order valence-electron chi connectivity index (χ0n) is 14.3. The van der Waals surface area contributed by atoms with Gasteiger partial charge in [-0.1, -0.05) is 41.4 Å². The van der Waals surface area contributed by atoms with Crippen molar-refractivity contribution in [1.82, 2.24) is 4.98 Å². The molecule has 1 aliphatic rings. The maximum atomic E-state index is 12.8. The van der Waals surface area contributed by atoms with Gasteiger partial charge in [0.2, 0.25) is 0 Å². The molecule has 0 radical (unpaired) electrons. The molecule has 0 spiro atoms. The molecule has 0 unspecified atom stereocenters. The van der Waals surface area contributed by atoms with Crippen LogP contribution in [0.2, 0.25) is 10.0 Å². The number of carbonyl (C=O) groups excluding carboxylic acids is 2. The molecule has 2 aromatic carbocycles. The number of halogens is 2. The van der Waals surface area contributed by atoms with Crippen molar-refractivity contribution >= 4 is 45.9 Å². The topological polar surface area (TPSA) is 56.3 Å². The maximum absolute atomic E-state index is 12.8. The SMILES string of the molecule is O=C(COC(=O)c1c2c(nc3ccccc13)CCC2)c1ccc(Cl)c(Cl)c1. The van der Waals surface area contributed by atoms with Crippen LogP contribution in [0.1, 0.15) is 38.4 Å². The van der Waals surface area contributed by atoms with Crippen LogP contribution in [0, 0.1) is 0 Å². The Balaban J connectivity index is 1.60. The molecule has 0 atom stereocenters. The van der Waals surface area contributed by atoms with E-state index in [1.165, 1.54) is 6.07 Å². The Morgan fingerprint density at radius 1 is 1.04 bits per heavy atom. The molecule has 3 aromatic rings. The van der Waals surface area contributed by atoms with E-state index in [9.17, 15) is 9.59 Å². The highest BCUT2D eigenvalue weighted by Crippen LogP contribution is 2.30. The highest BCUT2D eigenvalue weighted by atomic mass is 35.5. The van der Waals surface area contributed by atoms with Crippen LogP contribution in [0.5, 0.6) is 0 Å². The standard InChI is InChI=1S/C21H15Cl2NO3/c22-15-9-8-12(10-16(15)23)19(25)11-27-21(26)20-13-4-1-2-6-17(13)24-18-7-3-5-14(18)20/h1-2,4,6,8-10H,3,5,7,11H2. The van der Waals surface area contributed by atoms with Crippen LogP contribution in [0.15, 0.2) is 42.5 Å². The lowest BCUT2D eigenvalue weighted by atomic mass is 10.0. The van der Waals surface area contributed by atoms with E-state index in [1.54, 1.807) is 12.1 Å². The van der Waals surface area contributed by atoms with Crippen molar-refractivity contribution in [3.05, 3.63) is 74.9 Å². The van der Waals surface area contributed by atoms with Crippen LogP contribution >= 0.6 is 23.2 Å². The number of pyridine rings is 1. The smallest absolute Gasteiger partial charge is 0.339 e. The van der Waals surface area contributed by atoms with Crippen molar-refractivity contribution in [2.45, 2.75) is 19.3 Å². The number of nitrogens with zero attached hydrogens (tertiary/aromatic N) is 1. The van der Waals surface area contributed by atoms with Crippen molar-refractivity contribution in [2.75, 3.05) is 6.61 Å². The predicted molar refractivity (Wildman–Crippen MR) is 105 cm³/mol. The Labute approximate surface area is 166 Å². The lowest BCUT2D eigenvalue weighted by Gasteiger charge is -2.12. The molecule has 0 fully saturated rings. The number of para-hydroxylation sites is 1. The summed E-state index contributed by atoms with van der Waals surface area (Å²) in [6, 6.07) is 12.1. The summed E-state index contributed by atoms with van der Waals surface area (Å²) in [4.78, 5) is 29.8. The molecule has 4 nitrogen and oxygen atoms in total. The summed E-state index contributed by atoms with van der Waals surface area (Å²) in [5.74, 6) is -0.836. The van der Waals surface area contributed by atoms with Crippen LogP contribution in [0.25, 0.3) is 10.9 Å². The number of rotatable bonds is 4. The number of hydrogen-bond acceptors (Lipinski definition) is 4. The number of esters is 1. The molecule has 136 valence electrons. The molecule has 1 aromatic heterocycles. The summed E-state index contributed by atoms with van der Waals surface area (Å²) in [6.45, 7) is -0.359. The third-order valence-electron chi connectivity index (χ3n) is 4.70. The zero-order valence-corrected chi connectivity index (χ0v) is 15.8. The molecule has 1 aliphatic carbocycles. The maximum Gasteiger partial charge on any atom is 0.339 e. The van der Waals surface area contributed by atoms with Gasteiger partial charge in [0.05, 0.1) is 21.1 Å². The summed E-state index contributed by atoms with van der Waals surface area (Å²) >= 11 is 11.8. The molecular formula is C21H15Cl2NO3. The minimum atomic E-state index is -0.500. The molecule has 4 rings (SSSR count). The van der Waals surface area contributed by atoms with E-state index in [2.05, 4.69) is 4.98 Å². The first-order valence-electron chi connectivity index (χ1n) is 8.60. The summed E-state index contributed by atoms with van der Waals surface area (Å²) in [5.41, 5.74) is 3.51. The highest BCUT2D eigenvalue weighted by Gasteiger charge is 2.25. The molecular weight excluding hydrogens is 385 g/mol. The molecule has 27 heavy (non-hydrogen) atoms. The van der Waals surface area contributed by atoms with Crippen molar-refractivity contribution in [2.24, 2.45) is 0 Å². The summed E-state index contributed by atoms with van der Waals surface area (Å²) < 4.78 is 5.36. The van der Waals surface area contributed by atoms with Crippen LogP contribution in [-0.2, 0) is 17.6 Å². The van der Waals surface area contributed by atoms with Gasteiger partial charge in [0.15, 0.2) is 12.4 Å². The number of benzene rings is 2. The first-order chi connectivity index (χ1) is 13.0. The monoisotopic (exact) mass is 399 g/mol. The van der Waals surface area contributed by atoms with Gasteiger partial charge in [0, 0.05) is 16.6 Å². The quantitative estimate of drug-likeness (QED) is 0.453. The molecule has 6 heteroatoms.